The summed E-state index contributed by atoms with van der Waals surface area (Å²) in [4.78, 5) is 4.41. The Morgan fingerprint density at radius 1 is 1.35 bits per heavy atom. The fourth-order valence-electron chi connectivity index (χ4n) is 3.26. The molecule has 0 spiro atoms. The highest BCUT2D eigenvalue weighted by Gasteiger charge is 2.39. The summed E-state index contributed by atoms with van der Waals surface area (Å²) in [7, 11) is 0. The molecule has 3 heteroatoms. The van der Waals surface area contributed by atoms with Crippen molar-refractivity contribution >= 4 is 6.21 Å². The Kier molecular flexibility index (Phi) is 3.62. The van der Waals surface area contributed by atoms with E-state index in [-0.39, 0.29) is 0 Å². The zero-order valence-electron chi connectivity index (χ0n) is 12.5. The van der Waals surface area contributed by atoms with E-state index in [1.54, 1.807) is 0 Å². The van der Waals surface area contributed by atoms with Crippen LogP contribution in [0.2, 0.25) is 0 Å². The number of hydrogen-bond donors (Lipinski definition) is 1. The van der Waals surface area contributed by atoms with Crippen molar-refractivity contribution in [1.29, 1.82) is 0 Å². The number of rotatable bonds is 2. The number of fused-ring (bicyclic) bond motifs is 1. The van der Waals surface area contributed by atoms with Gasteiger partial charge in [-0.05, 0) is 38.8 Å². The van der Waals surface area contributed by atoms with Gasteiger partial charge >= 0.3 is 0 Å². The molecule has 0 bridgehead atoms. The molecule has 1 N–H and O–H groups in total. The molecule has 1 saturated heterocycles. The zero-order valence-corrected chi connectivity index (χ0v) is 12.5. The Morgan fingerprint density at radius 2 is 2.20 bits per heavy atom. The molecule has 2 heterocycles. The first kappa shape index (κ1) is 13.4. The molecule has 0 amide bonds. The number of benzene rings is 1. The maximum atomic E-state index is 4.41. The highest BCUT2D eigenvalue weighted by molar-refractivity contribution is 5.72. The van der Waals surface area contributed by atoms with Gasteiger partial charge in [-0.25, -0.2) is 5.01 Å². The molecule has 0 aromatic heterocycles. The summed E-state index contributed by atoms with van der Waals surface area (Å²) in [5, 5.41) is 2.39. The number of allylic oxidation sites excluding steroid dienone is 1. The van der Waals surface area contributed by atoms with Crippen LogP contribution in [0, 0.1) is 12.8 Å². The van der Waals surface area contributed by atoms with E-state index < -0.39 is 0 Å². The maximum Gasteiger partial charge on any atom is 0.0627 e. The summed E-state index contributed by atoms with van der Waals surface area (Å²) in [6, 6.07) is 9.77. The van der Waals surface area contributed by atoms with Crippen molar-refractivity contribution < 1.29 is 0 Å². The van der Waals surface area contributed by atoms with Crippen molar-refractivity contribution in [2.45, 2.75) is 39.3 Å². The summed E-state index contributed by atoms with van der Waals surface area (Å²) in [5.74, 6) is 0.515. The first-order valence-corrected chi connectivity index (χ1v) is 7.48. The van der Waals surface area contributed by atoms with Gasteiger partial charge in [-0.2, -0.15) is 0 Å². The van der Waals surface area contributed by atoms with Gasteiger partial charge in [0.2, 0.25) is 0 Å². The normalized spacial score (nSPS) is 26.1. The summed E-state index contributed by atoms with van der Waals surface area (Å²) in [6.45, 7) is 7.57. The molecule has 106 valence electrons. The molecule has 0 saturated carbocycles. The van der Waals surface area contributed by atoms with Gasteiger partial charge in [-0.1, -0.05) is 29.8 Å². The number of nitrogens with zero attached hydrogens (tertiary/aromatic N) is 2. The van der Waals surface area contributed by atoms with E-state index in [0.29, 0.717) is 18.0 Å². The third kappa shape index (κ3) is 2.38. The van der Waals surface area contributed by atoms with Crippen LogP contribution < -0.4 is 5.43 Å². The predicted octanol–water partition coefficient (Wildman–Crippen LogP) is 3.24. The molecule has 2 aliphatic rings. The summed E-state index contributed by atoms with van der Waals surface area (Å²) < 4.78 is 0. The topological polar surface area (TPSA) is 27.6 Å². The second-order valence-electron chi connectivity index (χ2n) is 6.04. The number of aryl methyl sites for hydroxylation is 1. The molecule has 20 heavy (non-hydrogen) atoms. The number of hydrogen-bond acceptors (Lipinski definition) is 3. The third-order valence-corrected chi connectivity index (χ3v) is 4.21. The van der Waals surface area contributed by atoms with Gasteiger partial charge in [0.15, 0.2) is 0 Å². The van der Waals surface area contributed by atoms with Gasteiger partial charge in [0.1, 0.15) is 0 Å². The average molecular weight is 269 g/mol. The highest BCUT2D eigenvalue weighted by atomic mass is 15.6. The van der Waals surface area contributed by atoms with Crippen LogP contribution in [0.5, 0.6) is 0 Å². The molecule has 3 nitrogen and oxygen atoms in total. The SMILES string of the molecule is Cc1cccc(C2C3CCN=CC=C3NN2C(C)C)c1. The van der Waals surface area contributed by atoms with Crippen molar-refractivity contribution in [3.8, 4) is 0 Å². The molecule has 0 aliphatic carbocycles. The van der Waals surface area contributed by atoms with E-state index in [2.05, 4.69) is 66.5 Å². The second kappa shape index (κ2) is 5.41. The Hall–Kier alpha value is -1.61. The van der Waals surface area contributed by atoms with E-state index >= 15 is 0 Å². The van der Waals surface area contributed by atoms with Crippen molar-refractivity contribution in [1.82, 2.24) is 10.4 Å². The molecule has 0 radical (unpaired) electrons. The van der Waals surface area contributed by atoms with Gasteiger partial charge in [0.05, 0.1) is 6.04 Å². The fraction of sp³-hybridized carbons (Fsp3) is 0.471. The van der Waals surface area contributed by atoms with E-state index in [9.17, 15) is 0 Å². The van der Waals surface area contributed by atoms with Crippen molar-refractivity contribution in [2.24, 2.45) is 10.9 Å². The van der Waals surface area contributed by atoms with E-state index in [1.165, 1.54) is 16.8 Å². The van der Waals surface area contributed by atoms with Crippen LogP contribution in [0.15, 0.2) is 41.0 Å². The van der Waals surface area contributed by atoms with Gasteiger partial charge in [-0.15, -0.1) is 0 Å². The lowest BCUT2D eigenvalue weighted by molar-refractivity contribution is 0.130. The first-order valence-electron chi connectivity index (χ1n) is 7.48. The van der Waals surface area contributed by atoms with Crippen LogP contribution >= 0.6 is 0 Å². The lowest BCUT2D eigenvalue weighted by atomic mass is 9.88. The molecule has 1 aromatic rings. The van der Waals surface area contributed by atoms with E-state index in [0.717, 1.165) is 13.0 Å². The van der Waals surface area contributed by atoms with Crippen LogP contribution in [0.4, 0.5) is 0 Å². The quantitative estimate of drug-likeness (QED) is 0.892. The van der Waals surface area contributed by atoms with E-state index in [1.807, 2.05) is 6.21 Å². The molecule has 2 unspecified atom stereocenters. The van der Waals surface area contributed by atoms with Crippen LogP contribution in [-0.4, -0.2) is 23.8 Å². The first-order chi connectivity index (χ1) is 9.66. The van der Waals surface area contributed by atoms with Crippen molar-refractivity contribution in [3.05, 3.63) is 47.2 Å². The monoisotopic (exact) mass is 269 g/mol. The van der Waals surface area contributed by atoms with Crippen molar-refractivity contribution in [2.75, 3.05) is 6.54 Å². The van der Waals surface area contributed by atoms with Crippen LogP contribution in [-0.2, 0) is 0 Å². The molecular weight excluding hydrogens is 246 g/mol. The lowest BCUT2D eigenvalue weighted by Crippen LogP contribution is -2.38. The van der Waals surface area contributed by atoms with Crippen LogP contribution in [0.3, 0.4) is 0 Å². The smallest absolute Gasteiger partial charge is 0.0627 e. The standard InChI is InChI=1S/C17H23N3/c1-12(2)20-17(14-6-4-5-13(3)11-14)15-7-9-18-10-8-16(15)19-20/h4-6,8,10-12,15,17,19H,7,9H2,1-3H3. The minimum Gasteiger partial charge on any atom is -0.322 e. The van der Waals surface area contributed by atoms with Gasteiger partial charge in [-0.3, -0.25) is 4.99 Å². The number of aliphatic imine (C=N–C) groups is 1. The number of nitrogens with one attached hydrogen (secondary N) is 1. The van der Waals surface area contributed by atoms with Crippen LogP contribution in [0.25, 0.3) is 0 Å². The predicted molar refractivity (Wildman–Crippen MR) is 83.6 cm³/mol. The van der Waals surface area contributed by atoms with Crippen LogP contribution in [0.1, 0.15) is 37.4 Å². The van der Waals surface area contributed by atoms with Gasteiger partial charge in [0.25, 0.3) is 0 Å². The minimum atomic E-state index is 0.405. The van der Waals surface area contributed by atoms with Gasteiger partial charge < -0.3 is 5.43 Å². The molecular formula is C17H23N3. The van der Waals surface area contributed by atoms with E-state index in [4.69, 9.17) is 0 Å². The Balaban J connectivity index is 2.00. The third-order valence-electron chi connectivity index (χ3n) is 4.21. The summed E-state index contributed by atoms with van der Waals surface area (Å²) in [5.41, 5.74) is 7.65. The minimum absolute atomic E-state index is 0.405. The second-order valence-corrected chi connectivity index (χ2v) is 6.04. The molecule has 1 aromatic carbocycles. The Morgan fingerprint density at radius 3 is 2.95 bits per heavy atom. The Bertz CT molecular complexity index is 545. The maximum absolute atomic E-state index is 4.41. The molecule has 1 fully saturated rings. The fourth-order valence-corrected chi connectivity index (χ4v) is 3.26. The summed E-state index contributed by atoms with van der Waals surface area (Å²) in [6.07, 6.45) is 5.19. The lowest BCUT2D eigenvalue weighted by Gasteiger charge is -2.30. The molecule has 3 rings (SSSR count). The molecule has 2 atom stereocenters. The average Bonchev–Trinajstić information content (AvgIpc) is 2.63. The number of hydrazine groups is 1. The van der Waals surface area contributed by atoms with Crippen molar-refractivity contribution in [3.63, 3.8) is 0 Å². The molecule has 2 aliphatic heterocycles. The largest absolute Gasteiger partial charge is 0.322 e. The Labute approximate surface area is 121 Å². The zero-order chi connectivity index (χ0) is 14.1. The highest BCUT2D eigenvalue weighted by Crippen LogP contribution is 2.41. The summed E-state index contributed by atoms with van der Waals surface area (Å²) >= 11 is 0. The van der Waals surface area contributed by atoms with Gasteiger partial charge in [0, 0.05) is 30.4 Å².